The van der Waals surface area contributed by atoms with E-state index in [0.29, 0.717) is 12.8 Å². The van der Waals surface area contributed by atoms with E-state index in [1.54, 1.807) is 0 Å². The second-order valence-electron chi connectivity index (χ2n) is 2.79. The second-order valence-corrected chi connectivity index (χ2v) is 2.79. The standard InChI is InChI=1S/C8H10N2O3/c1-2-7(12)13-8(4-3-5-8)10-9-6-11/h2,10H,1,3-5H2. The minimum atomic E-state index is -0.803. The van der Waals surface area contributed by atoms with Crippen LogP contribution in [0.4, 0.5) is 0 Å². The van der Waals surface area contributed by atoms with Crippen molar-refractivity contribution >= 4 is 12.0 Å². The molecule has 1 fully saturated rings. The van der Waals surface area contributed by atoms with Crippen LogP contribution >= 0.6 is 0 Å². The predicted molar refractivity (Wildman–Crippen MR) is 44.1 cm³/mol. The highest BCUT2D eigenvalue weighted by atomic mass is 16.6. The molecule has 1 aliphatic rings. The molecular formula is C8H10N2O3. The van der Waals surface area contributed by atoms with E-state index in [2.05, 4.69) is 17.1 Å². The zero-order chi connectivity index (χ0) is 9.73. The van der Waals surface area contributed by atoms with Crippen LogP contribution in [0.25, 0.3) is 0 Å². The van der Waals surface area contributed by atoms with Crippen molar-refractivity contribution in [2.75, 3.05) is 0 Å². The third kappa shape index (κ3) is 2.16. The van der Waals surface area contributed by atoms with Gasteiger partial charge in [0.25, 0.3) is 6.08 Å². The highest BCUT2D eigenvalue weighted by Crippen LogP contribution is 2.33. The first-order valence-corrected chi connectivity index (χ1v) is 3.92. The number of hydrogen-bond donors (Lipinski definition) is 1. The van der Waals surface area contributed by atoms with Crippen LogP contribution in [0.5, 0.6) is 0 Å². The Labute approximate surface area is 75.5 Å². The van der Waals surface area contributed by atoms with Gasteiger partial charge in [-0.2, -0.15) is 0 Å². The van der Waals surface area contributed by atoms with Crippen molar-refractivity contribution in [1.29, 1.82) is 0 Å². The van der Waals surface area contributed by atoms with E-state index in [1.165, 1.54) is 6.08 Å². The van der Waals surface area contributed by atoms with Gasteiger partial charge in [0.05, 0.1) is 0 Å². The molecule has 70 valence electrons. The average Bonchev–Trinajstić information content (AvgIpc) is 2.09. The Hall–Kier alpha value is -1.61. The van der Waals surface area contributed by atoms with Gasteiger partial charge in [0, 0.05) is 18.9 Å². The molecule has 0 aromatic heterocycles. The van der Waals surface area contributed by atoms with Gasteiger partial charge in [0.1, 0.15) is 0 Å². The van der Waals surface area contributed by atoms with Crippen molar-refractivity contribution in [1.82, 2.24) is 5.43 Å². The Morgan fingerprint density at radius 2 is 2.38 bits per heavy atom. The summed E-state index contributed by atoms with van der Waals surface area (Å²) in [5.41, 5.74) is 1.66. The number of ether oxygens (including phenoxy) is 1. The quantitative estimate of drug-likeness (QED) is 0.171. The Kier molecular flexibility index (Phi) is 2.82. The van der Waals surface area contributed by atoms with Crippen molar-refractivity contribution in [3.05, 3.63) is 12.7 Å². The normalized spacial score (nSPS) is 17.5. The van der Waals surface area contributed by atoms with Crippen molar-refractivity contribution < 1.29 is 14.3 Å². The molecule has 0 aromatic rings. The average molecular weight is 182 g/mol. The monoisotopic (exact) mass is 182 g/mol. The summed E-state index contributed by atoms with van der Waals surface area (Å²) < 4.78 is 4.98. The van der Waals surface area contributed by atoms with Crippen molar-refractivity contribution in [3.63, 3.8) is 0 Å². The maximum Gasteiger partial charge on any atom is 0.332 e. The molecule has 0 heterocycles. The topological polar surface area (TPSA) is 67.8 Å². The molecule has 1 N–H and O–H groups in total. The summed E-state index contributed by atoms with van der Waals surface area (Å²) in [5.74, 6) is -0.520. The largest absolute Gasteiger partial charge is 0.434 e. The molecule has 0 saturated heterocycles. The number of hydrogen-bond acceptors (Lipinski definition) is 5. The van der Waals surface area contributed by atoms with Crippen LogP contribution in [-0.2, 0) is 14.3 Å². The number of carbonyl (C=O) groups excluding carboxylic acids is 2. The molecule has 0 spiro atoms. The first kappa shape index (κ1) is 9.48. The van der Waals surface area contributed by atoms with Crippen LogP contribution in [0.3, 0.4) is 0 Å². The summed E-state index contributed by atoms with van der Waals surface area (Å²) in [5, 5.41) is 3.19. The van der Waals surface area contributed by atoms with E-state index in [-0.39, 0.29) is 0 Å². The van der Waals surface area contributed by atoms with Crippen LogP contribution < -0.4 is 5.43 Å². The SMILES string of the molecule is C=CC(=O)OC1(NN=C=O)CCC1. The van der Waals surface area contributed by atoms with E-state index in [1.807, 2.05) is 0 Å². The van der Waals surface area contributed by atoms with Gasteiger partial charge in [-0.25, -0.2) is 9.59 Å². The lowest BCUT2D eigenvalue weighted by molar-refractivity contribution is -0.169. The maximum atomic E-state index is 10.9. The van der Waals surface area contributed by atoms with Crippen molar-refractivity contribution in [3.8, 4) is 0 Å². The molecule has 0 radical (unpaired) electrons. The Morgan fingerprint density at radius 1 is 1.69 bits per heavy atom. The molecule has 5 nitrogen and oxygen atoms in total. The summed E-state index contributed by atoms with van der Waals surface area (Å²) in [6.45, 7) is 3.27. The molecular weight excluding hydrogens is 172 g/mol. The van der Waals surface area contributed by atoms with Gasteiger partial charge in [-0.1, -0.05) is 11.7 Å². The number of carbonyl (C=O) groups is 1. The van der Waals surface area contributed by atoms with Gasteiger partial charge in [-0.05, 0) is 6.42 Å². The van der Waals surface area contributed by atoms with Crippen LogP contribution in [-0.4, -0.2) is 17.8 Å². The van der Waals surface area contributed by atoms with E-state index >= 15 is 0 Å². The summed E-state index contributed by atoms with van der Waals surface area (Å²) in [7, 11) is 0. The molecule has 0 amide bonds. The predicted octanol–water partition coefficient (Wildman–Crippen LogP) is 0.436. The Balaban J connectivity index is 2.53. The number of nitrogens with zero attached hydrogens (tertiary/aromatic N) is 1. The summed E-state index contributed by atoms with van der Waals surface area (Å²) in [4.78, 5) is 20.7. The maximum absolute atomic E-state index is 10.9. The highest BCUT2D eigenvalue weighted by Gasteiger charge is 2.40. The van der Waals surface area contributed by atoms with Gasteiger partial charge in [0.2, 0.25) is 0 Å². The number of esters is 1. The molecule has 0 unspecified atom stereocenters. The molecule has 0 bridgehead atoms. The van der Waals surface area contributed by atoms with Crippen LogP contribution in [0, 0.1) is 0 Å². The lowest BCUT2D eigenvalue weighted by Gasteiger charge is -2.39. The smallest absolute Gasteiger partial charge is 0.332 e. The Morgan fingerprint density at radius 3 is 2.77 bits per heavy atom. The lowest BCUT2D eigenvalue weighted by atomic mass is 9.89. The lowest BCUT2D eigenvalue weighted by Crippen LogP contribution is -2.51. The fraction of sp³-hybridized carbons (Fsp3) is 0.500. The van der Waals surface area contributed by atoms with Gasteiger partial charge in [0.15, 0.2) is 5.72 Å². The fourth-order valence-corrected chi connectivity index (χ4v) is 1.09. The highest BCUT2D eigenvalue weighted by molar-refractivity contribution is 5.81. The first-order valence-electron chi connectivity index (χ1n) is 3.92. The third-order valence-electron chi connectivity index (χ3n) is 1.93. The van der Waals surface area contributed by atoms with Gasteiger partial charge in [-0.15, -0.1) is 0 Å². The van der Waals surface area contributed by atoms with Crippen LogP contribution in [0.2, 0.25) is 0 Å². The molecule has 13 heavy (non-hydrogen) atoms. The molecule has 5 heteroatoms. The summed E-state index contributed by atoms with van der Waals surface area (Å²) in [6, 6.07) is 0. The van der Waals surface area contributed by atoms with Crippen molar-refractivity contribution in [2.24, 2.45) is 5.10 Å². The molecule has 0 atom stereocenters. The molecule has 1 saturated carbocycles. The number of isocyanates is 1. The summed E-state index contributed by atoms with van der Waals surface area (Å²) in [6.07, 6.45) is 4.64. The fourth-order valence-electron chi connectivity index (χ4n) is 1.09. The van der Waals surface area contributed by atoms with Crippen LogP contribution in [0.1, 0.15) is 19.3 Å². The van der Waals surface area contributed by atoms with Crippen LogP contribution in [0.15, 0.2) is 17.8 Å². The van der Waals surface area contributed by atoms with Gasteiger partial charge >= 0.3 is 5.97 Å². The minimum absolute atomic E-state index is 0.520. The first-order chi connectivity index (χ1) is 6.22. The van der Waals surface area contributed by atoms with Crippen molar-refractivity contribution in [2.45, 2.75) is 25.0 Å². The number of hydrazone groups is 1. The van der Waals surface area contributed by atoms with Gasteiger partial charge in [-0.3, -0.25) is 5.43 Å². The van der Waals surface area contributed by atoms with E-state index in [9.17, 15) is 9.59 Å². The molecule has 1 aliphatic carbocycles. The number of nitrogens with one attached hydrogen (secondary N) is 1. The Bertz CT molecular complexity index is 265. The molecule has 0 aliphatic heterocycles. The third-order valence-corrected chi connectivity index (χ3v) is 1.93. The molecule has 0 aromatic carbocycles. The number of rotatable bonds is 4. The minimum Gasteiger partial charge on any atom is -0.434 e. The second kappa shape index (κ2) is 3.87. The molecule has 1 rings (SSSR count). The van der Waals surface area contributed by atoms with Gasteiger partial charge < -0.3 is 4.74 Å². The zero-order valence-electron chi connectivity index (χ0n) is 7.08. The summed E-state index contributed by atoms with van der Waals surface area (Å²) >= 11 is 0. The van der Waals surface area contributed by atoms with E-state index in [4.69, 9.17) is 4.74 Å². The van der Waals surface area contributed by atoms with E-state index < -0.39 is 11.7 Å². The van der Waals surface area contributed by atoms with E-state index in [0.717, 1.165) is 12.5 Å². The zero-order valence-corrected chi connectivity index (χ0v) is 7.08.